The third-order valence-electron chi connectivity index (χ3n) is 2.20. The van der Waals surface area contributed by atoms with E-state index in [4.69, 9.17) is 4.74 Å². The maximum Gasteiger partial charge on any atom is 0.220 e. The van der Waals surface area contributed by atoms with E-state index < -0.39 is 0 Å². The smallest absolute Gasteiger partial charge is 0.220 e. The van der Waals surface area contributed by atoms with Crippen LogP contribution in [0.3, 0.4) is 0 Å². The van der Waals surface area contributed by atoms with Crippen LogP contribution in [0.2, 0.25) is 0 Å². The molecule has 1 aliphatic heterocycles. The van der Waals surface area contributed by atoms with Crippen molar-refractivity contribution in [3.63, 3.8) is 0 Å². The van der Waals surface area contributed by atoms with Gasteiger partial charge < -0.3 is 10.1 Å². The summed E-state index contributed by atoms with van der Waals surface area (Å²) < 4.78 is 5.33. The Morgan fingerprint density at radius 1 is 1.67 bits per heavy atom. The molecule has 0 spiro atoms. The maximum absolute atomic E-state index is 11.2. The van der Waals surface area contributed by atoms with Gasteiger partial charge >= 0.3 is 0 Å². The first-order valence-corrected chi connectivity index (χ1v) is 4.65. The number of hydrogen-bond acceptors (Lipinski definition) is 2. The predicted octanol–water partition coefficient (Wildman–Crippen LogP) is 1.08. The number of hydrogen-bond donors (Lipinski definition) is 1. The normalized spacial score (nSPS) is 28.8. The largest absolute Gasteiger partial charge is 0.376 e. The Morgan fingerprint density at radius 2 is 2.42 bits per heavy atom. The van der Waals surface area contributed by atoms with Crippen LogP contribution in [-0.2, 0) is 9.53 Å². The van der Waals surface area contributed by atoms with Crippen molar-refractivity contribution in [2.75, 3.05) is 6.61 Å². The van der Waals surface area contributed by atoms with Crippen molar-refractivity contribution in [1.82, 2.24) is 5.32 Å². The molecule has 0 saturated carbocycles. The van der Waals surface area contributed by atoms with E-state index in [0.29, 0.717) is 6.42 Å². The second kappa shape index (κ2) is 4.45. The van der Waals surface area contributed by atoms with Gasteiger partial charge in [0.1, 0.15) is 0 Å². The van der Waals surface area contributed by atoms with Crippen LogP contribution in [-0.4, -0.2) is 24.7 Å². The summed E-state index contributed by atoms with van der Waals surface area (Å²) in [5.74, 6) is 0.153. The van der Waals surface area contributed by atoms with E-state index in [0.717, 1.165) is 19.4 Å². The van der Waals surface area contributed by atoms with Crippen molar-refractivity contribution in [2.45, 2.75) is 45.3 Å². The van der Waals surface area contributed by atoms with Gasteiger partial charge in [-0.3, -0.25) is 4.79 Å². The fourth-order valence-corrected chi connectivity index (χ4v) is 1.43. The molecule has 70 valence electrons. The molecule has 1 heterocycles. The van der Waals surface area contributed by atoms with E-state index in [2.05, 4.69) is 5.32 Å². The van der Waals surface area contributed by atoms with Gasteiger partial charge in [-0.1, -0.05) is 6.92 Å². The van der Waals surface area contributed by atoms with Crippen LogP contribution in [0.15, 0.2) is 0 Å². The fourth-order valence-electron chi connectivity index (χ4n) is 1.43. The van der Waals surface area contributed by atoms with E-state index in [1.807, 2.05) is 13.8 Å². The summed E-state index contributed by atoms with van der Waals surface area (Å²) in [6, 6.07) is 0.240. The van der Waals surface area contributed by atoms with E-state index in [-0.39, 0.29) is 18.1 Å². The van der Waals surface area contributed by atoms with E-state index in [1.54, 1.807) is 0 Å². The third-order valence-corrected chi connectivity index (χ3v) is 2.20. The molecule has 1 rings (SSSR count). The van der Waals surface area contributed by atoms with Gasteiger partial charge in [0.15, 0.2) is 0 Å². The molecule has 1 N–H and O–H groups in total. The first-order chi connectivity index (χ1) is 5.74. The second-order valence-electron chi connectivity index (χ2n) is 3.29. The lowest BCUT2D eigenvalue weighted by molar-refractivity contribution is -0.122. The van der Waals surface area contributed by atoms with Gasteiger partial charge in [0.25, 0.3) is 0 Å². The van der Waals surface area contributed by atoms with Crippen LogP contribution in [0.1, 0.15) is 33.1 Å². The van der Waals surface area contributed by atoms with Crippen LogP contribution >= 0.6 is 0 Å². The predicted molar refractivity (Wildman–Crippen MR) is 46.9 cm³/mol. The summed E-state index contributed by atoms with van der Waals surface area (Å²) in [7, 11) is 0. The van der Waals surface area contributed by atoms with E-state index in [9.17, 15) is 4.79 Å². The molecule has 0 bridgehead atoms. The van der Waals surface area contributed by atoms with Gasteiger partial charge in [0.2, 0.25) is 5.91 Å². The van der Waals surface area contributed by atoms with Crippen LogP contribution in [0.25, 0.3) is 0 Å². The summed E-state index contributed by atoms with van der Waals surface area (Å²) in [5, 5.41) is 2.97. The number of amides is 1. The summed E-state index contributed by atoms with van der Waals surface area (Å²) >= 11 is 0. The highest BCUT2D eigenvalue weighted by atomic mass is 16.5. The quantitative estimate of drug-likeness (QED) is 0.690. The number of nitrogens with one attached hydrogen (secondary N) is 1. The Balaban J connectivity index is 2.25. The van der Waals surface area contributed by atoms with Gasteiger partial charge in [-0.2, -0.15) is 0 Å². The van der Waals surface area contributed by atoms with Gasteiger partial charge in [0.05, 0.1) is 12.1 Å². The Morgan fingerprint density at radius 3 is 2.92 bits per heavy atom. The summed E-state index contributed by atoms with van der Waals surface area (Å²) in [4.78, 5) is 11.2. The molecule has 0 radical (unpaired) electrons. The first-order valence-electron chi connectivity index (χ1n) is 4.65. The topological polar surface area (TPSA) is 38.3 Å². The molecule has 1 saturated heterocycles. The minimum absolute atomic E-state index is 0.153. The average Bonchev–Trinajstić information content (AvgIpc) is 2.37. The minimum Gasteiger partial charge on any atom is -0.376 e. The summed E-state index contributed by atoms with van der Waals surface area (Å²) in [5.41, 5.74) is 0. The standard InChI is InChI=1S/C9H17NO2/c1-3-4-9(11)10-8-5-6-12-7(8)2/h7-8H,3-6H2,1-2H3,(H,10,11). The molecule has 2 unspecified atom stereocenters. The molecule has 0 aromatic rings. The maximum atomic E-state index is 11.2. The molecular weight excluding hydrogens is 154 g/mol. The number of rotatable bonds is 3. The Hall–Kier alpha value is -0.570. The summed E-state index contributed by atoms with van der Waals surface area (Å²) in [6.07, 6.45) is 2.68. The Bertz CT molecular complexity index is 159. The van der Waals surface area contributed by atoms with E-state index >= 15 is 0 Å². The lowest BCUT2D eigenvalue weighted by atomic mass is 10.1. The molecule has 0 aromatic carbocycles. The van der Waals surface area contributed by atoms with Crippen LogP contribution in [0.4, 0.5) is 0 Å². The van der Waals surface area contributed by atoms with Crippen molar-refractivity contribution in [2.24, 2.45) is 0 Å². The lowest BCUT2D eigenvalue weighted by Gasteiger charge is -2.15. The molecule has 3 nitrogen and oxygen atoms in total. The van der Waals surface area contributed by atoms with Gasteiger partial charge in [-0.15, -0.1) is 0 Å². The van der Waals surface area contributed by atoms with E-state index in [1.165, 1.54) is 0 Å². The summed E-state index contributed by atoms with van der Waals surface area (Å²) in [6.45, 7) is 4.79. The highest BCUT2D eigenvalue weighted by molar-refractivity contribution is 5.76. The monoisotopic (exact) mass is 171 g/mol. The van der Waals surface area contributed by atoms with Crippen LogP contribution < -0.4 is 5.32 Å². The van der Waals surface area contributed by atoms with Crippen molar-refractivity contribution in [3.8, 4) is 0 Å². The van der Waals surface area contributed by atoms with Crippen LogP contribution in [0, 0.1) is 0 Å². The first kappa shape index (κ1) is 9.52. The van der Waals surface area contributed by atoms with Crippen molar-refractivity contribution >= 4 is 5.91 Å². The zero-order valence-corrected chi connectivity index (χ0v) is 7.80. The Labute approximate surface area is 73.5 Å². The van der Waals surface area contributed by atoms with Gasteiger partial charge in [-0.05, 0) is 19.8 Å². The second-order valence-corrected chi connectivity index (χ2v) is 3.29. The molecule has 3 heteroatoms. The number of carbonyl (C=O) groups excluding carboxylic acids is 1. The molecule has 12 heavy (non-hydrogen) atoms. The molecule has 1 aliphatic rings. The highest BCUT2D eigenvalue weighted by Gasteiger charge is 2.24. The minimum atomic E-state index is 0.153. The molecule has 0 aromatic heterocycles. The molecular formula is C9H17NO2. The number of carbonyl (C=O) groups is 1. The number of ether oxygens (including phenoxy) is 1. The lowest BCUT2D eigenvalue weighted by Crippen LogP contribution is -2.38. The SMILES string of the molecule is CCCC(=O)NC1CCOC1C. The van der Waals surface area contributed by atoms with Crippen LogP contribution in [0.5, 0.6) is 0 Å². The van der Waals surface area contributed by atoms with Crippen molar-refractivity contribution in [1.29, 1.82) is 0 Å². The third kappa shape index (κ3) is 2.48. The highest BCUT2D eigenvalue weighted by Crippen LogP contribution is 2.12. The molecule has 2 atom stereocenters. The molecule has 1 fully saturated rings. The van der Waals surface area contributed by atoms with Crippen molar-refractivity contribution < 1.29 is 9.53 Å². The molecule has 0 aliphatic carbocycles. The van der Waals surface area contributed by atoms with Crippen molar-refractivity contribution in [3.05, 3.63) is 0 Å². The van der Waals surface area contributed by atoms with Gasteiger partial charge in [0, 0.05) is 13.0 Å². The fraction of sp³-hybridized carbons (Fsp3) is 0.889. The molecule has 1 amide bonds. The van der Waals surface area contributed by atoms with Gasteiger partial charge in [-0.25, -0.2) is 0 Å². The Kier molecular flexibility index (Phi) is 3.53. The zero-order valence-electron chi connectivity index (χ0n) is 7.80. The zero-order chi connectivity index (χ0) is 8.97. The average molecular weight is 171 g/mol.